The Morgan fingerprint density at radius 1 is 1.40 bits per heavy atom. The predicted molar refractivity (Wildman–Crippen MR) is 79.6 cm³/mol. The van der Waals surface area contributed by atoms with Crippen molar-refractivity contribution in [2.24, 2.45) is 0 Å². The van der Waals surface area contributed by atoms with Crippen LogP contribution in [0.5, 0.6) is 0 Å². The first kappa shape index (κ1) is 15.0. The number of amides is 1. The third-order valence-electron chi connectivity index (χ3n) is 2.98. The highest BCUT2D eigenvalue weighted by Gasteiger charge is 2.27. The predicted octanol–water partition coefficient (Wildman–Crippen LogP) is 2.79. The second-order valence-electron chi connectivity index (χ2n) is 5.86. The second kappa shape index (κ2) is 5.56. The first-order chi connectivity index (χ1) is 9.26. The lowest BCUT2D eigenvalue weighted by molar-refractivity contribution is -0.155. The number of hydrogen-bond acceptors (Lipinski definition) is 3. The molecular formula is C15H18BrNO3. The minimum Gasteiger partial charge on any atom is -0.459 e. The molecular weight excluding hydrogens is 322 g/mol. The monoisotopic (exact) mass is 339 g/mol. The van der Waals surface area contributed by atoms with E-state index in [0.29, 0.717) is 12.1 Å². The zero-order valence-corrected chi connectivity index (χ0v) is 13.5. The molecule has 0 N–H and O–H groups in total. The number of halogens is 1. The number of esters is 1. The SMILES string of the molecule is CC(C)(C)OC(=O)CN1CCc2cc(Br)ccc2C1=O. The summed E-state index contributed by atoms with van der Waals surface area (Å²) < 4.78 is 6.22. The van der Waals surface area contributed by atoms with Gasteiger partial charge in [0, 0.05) is 16.6 Å². The van der Waals surface area contributed by atoms with Crippen molar-refractivity contribution in [2.45, 2.75) is 32.8 Å². The third kappa shape index (κ3) is 3.60. The summed E-state index contributed by atoms with van der Waals surface area (Å²) in [5.41, 5.74) is 1.16. The quantitative estimate of drug-likeness (QED) is 0.778. The van der Waals surface area contributed by atoms with E-state index in [1.54, 1.807) is 11.0 Å². The Morgan fingerprint density at radius 3 is 2.75 bits per heavy atom. The van der Waals surface area contributed by atoms with Crippen LogP contribution in [0.3, 0.4) is 0 Å². The van der Waals surface area contributed by atoms with Crippen LogP contribution in [0.15, 0.2) is 22.7 Å². The molecule has 5 heteroatoms. The van der Waals surface area contributed by atoms with E-state index >= 15 is 0 Å². The molecule has 0 aliphatic carbocycles. The molecule has 1 amide bonds. The number of rotatable bonds is 2. The van der Waals surface area contributed by atoms with E-state index in [2.05, 4.69) is 15.9 Å². The van der Waals surface area contributed by atoms with Gasteiger partial charge in [0.25, 0.3) is 5.91 Å². The molecule has 1 aromatic carbocycles. The minimum atomic E-state index is -0.529. The van der Waals surface area contributed by atoms with E-state index in [-0.39, 0.29) is 18.4 Å². The number of ether oxygens (including phenoxy) is 1. The Labute approximate surface area is 127 Å². The molecule has 108 valence electrons. The zero-order valence-electron chi connectivity index (χ0n) is 11.9. The number of carbonyl (C=O) groups is 2. The first-order valence-corrected chi connectivity index (χ1v) is 7.35. The van der Waals surface area contributed by atoms with E-state index in [4.69, 9.17) is 4.74 Å². The fourth-order valence-electron chi connectivity index (χ4n) is 2.19. The number of benzene rings is 1. The summed E-state index contributed by atoms with van der Waals surface area (Å²) in [6, 6.07) is 5.59. The normalized spacial score (nSPS) is 15.0. The van der Waals surface area contributed by atoms with Crippen LogP contribution in [0.2, 0.25) is 0 Å². The maximum Gasteiger partial charge on any atom is 0.326 e. The summed E-state index contributed by atoms with van der Waals surface area (Å²) in [5.74, 6) is -0.476. The molecule has 0 saturated heterocycles. The van der Waals surface area contributed by atoms with Gasteiger partial charge in [0.2, 0.25) is 0 Å². The van der Waals surface area contributed by atoms with Crippen molar-refractivity contribution >= 4 is 27.8 Å². The van der Waals surface area contributed by atoms with Gasteiger partial charge >= 0.3 is 5.97 Å². The molecule has 0 radical (unpaired) electrons. The Balaban J connectivity index is 2.08. The molecule has 4 nitrogen and oxygen atoms in total. The summed E-state index contributed by atoms with van der Waals surface area (Å²) in [6.07, 6.45) is 0.753. The molecule has 0 bridgehead atoms. The average molecular weight is 340 g/mol. The maximum absolute atomic E-state index is 12.3. The van der Waals surface area contributed by atoms with Crippen molar-refractivity contribution in [2.75, 3.05) is 13.1 Å². The Kier molecular flexibility index (Phi) is 4.18. The van der Waals surface area contributed by atoms with E-state index in [1.807, 2.05) is 32.9 Å². The van der Waals surface area contributed by atoms with Gasteiger partial charge in [0.15, 0.2) is 0 Å². The standard InChI is InChI=1S/C15H18BrNO3/c1-15(2,3)20-13(18)9-17-7-6-10-8-11(16)4-5-12(10)14(17)19/h4-5,8H,6-7,9H2,1-3H3. The van der Waals surface area contributed by atoms with Crippen molar-refractivity contribution in [1.82, 2.24) is 4.90 Å². The number of fused-ring (bicyclic) bond motifs is 1. The van der Waals surface area contributed by atoms with Gasteiger partial charge in [-0.1, -0.05) is 15.9 Å². The molecule has 1 aliphatic heterocycles. The van der Waals surface area contributed by atoms with Crippen molar-refractivity contribution < 1.29 is 14.3 Å². The minimum absolute atomic E-state index is 0.00556. The molecule has 2 rings (SSSR count). The largest absolute Gasteiger partial charge is 0.459 e. The van der Waals surface area contributed by atoms with Gasteiger partial charge < -0.3 is 9.64 Å². The van der Waals surface area contributed by atoms with E-state index in [0.717, 1.165) is 16.5 Å². The molecule has 0 spiro atoms. The molecule has 1 heterocycles. The number of carbonyl (C=O) groups excluding carboxylic acids is 2. The summed E-state index contributed by atoms with van der Waals surface area (Å²) in [4.78, 5) is 25.7. The summed E-state index contributed by atoms with van der Waals surface area (Å²) in [6.45, 7) is 5.99. The van der Waals surface area contributed by atoms with Crippen LogP contribution in [0.4, 0.5) is 0 Å². The zero-order chi connectivity index (χ0) is 14.9. The summed E-state index contributed by atoms with van der Waals surface area (Å²) in [5, 5.41) is 0. The average Bonchev–Trinajstić information content (AvgIpc) is 2.30. The van der Waals surface area contributed by atoms with Gasteiger partial charge in [-0.3, -0.25) is 9.59 Å². The van der Waals surface area contributed by atoms with Gasteiger partial charge in [-0.15, -0.1) is 0 Å². The van der Waals surface area contributed by atoms with Crippen LogP contribution in [0, 0.1) is 0 Å². The molecule has 0 atom stereocenters. The topological polar surface area (TPSA) is 46.6 Å². The van der Waals surface area contributed by atoms with Crippen LogP contribution in [-0.2, 0) is 16.0 Å². The van der Waals surface area contributed by atoms with Crippen molar-refractivity contribution in [1.29, 1.82) is 0 Å². The Hall–Kier alpha value is -1.36. The lowest BCUT2D eigenvalue weighted by atomic mass is 9.99. The third-order valence-corrected chi connectivity index (χ3v) is 3.47. The van der Waals surface area contributed by atoms with E-state index < -0.39 is 5.60 Å². The lowest BCUT2D eigenvalue weighted by Gasteiger charge is -2.29. The van der Waals surface area contributed by atoms with Crippen LogP contribution < -0.4 is 0 Å². The number of hydrogen-bond donors (Lipinski definition) is 0. The highest BCUT2D eigenvalue weighted by Crippen LogP contribution is 2.23. The Bertz CT molecular complexity index is 549. The van der Waals surface area contributed by atoms with Gasteiger partial charge in [0.05, 0.1) is 0 Å². The molecule has 1 aromatic rings. The van der Waals surface area contributed by atoms with Crippen molar-refractivity contribution in [3.8, 4) is 0 Å². The number of nitrogens with zero attached hydrogens (tertiary/aromatic N) is 1. The van der Waals surface area contributed by atoms with E-state index in [1.165, 1.54) is 0 Å². The van der Waals surface area contributed by atoms with E-state index in [9.17, 15) is 9.59 Å². The van der Waals surface area contributed by atoms with Crippen LogP contribution in [0.1, 0.15) is 36.7 Å². The molecule has 0 fully saturated rings. The lowest BCUT2D eigenvalue weighted by Crippen LogP contribution is -2.42. The summed E-state index contributed by atoms with van der Waals surface area (Å²) in [7, 11) is 0. The molecule has 0 aromatic heterocycles. The van der Waals surface area contributed by atoms with Gasteiger partial charge in [-0.2, -0.15) is 0 Å². The van der Waals surface area contributed by atoms with Crippen molar-refractivity contribution in [3.63, 3.8) is 0 Å². The Morgan fingerprint density at radius 2 is 2.10 bits per heavy atom. The van der Waals surface area contributed by atoms with Crippen LogP contribution >= 0.6 is 15.9 Å². The highest BCUT2D eigenvalue weighted by atomic mass is 79.9. The molecule has 0 unspecified atom stereocenters. The first-order valence-electron chi connectivity index (χ1n) is 6.56. The smallest absolute Gasteiger partial charge is 0.326 e. The fraction of sp³-hybridized carbons (Fsp3) is 0.467. The molecule has 20 heavy (non-hydrogen) atoms. The second-order valence-corrected chi connectivity index (χ2v) is 6.78. The van der Waals surface area contributed by atoms with Gasteiger partial charge in [-0.25, -0.2) is 0 Å². The molecule has 0 saturated carbocycles. The summed E-state index contributed by atoms with van der Waals surface area (Å²) >= 11 is 3.40. The van der Waals surface area contributed by atoms with Crippen LogP contribution in [-0.4, -0.2) is 35.5 Å². The van der Waals surface area contributed by atoms with Gasteiger partial charge in [-0.05, 0) is 51.0 Å². The van der Waals surface area contributed by atoms with Gasteiger partial charge in [0.1, 0.15) is 12.1 Å². The molecule has 1 aliphatic rings. The maximum atomic E-state index is 12.3. The van der Waals surface area contributed by atoms with Crippen LogP contribution in [0.25, 0.3) is 0 Å². The van der Waals surface area contributed by atoms with Crippen molar-refractivity contribution in [3.05, 3.63) is 33.8 Å². The fourth-order valence-corrected chi connectivity index (χ4v) is 2.59. The highest BCUT2D eigenvalue weighted by molar-refractivity contribution is 9.10.